The summed E-state index contributed by atoms with van der Waals surface area (Å²) in [4.78, 5) is 1.14. The molecule has 1 aliphatic rings. The molecule has 0 atom stereocenters. The molecule has 4 heteroatoms. The highest BCUT2D eigenvalue weighted by Gasteiger charge is 2.16. The van der Waals surface area contributed by atoms with Gasteiger partial charge < -0.3 is 9.84 Å². The smallest absolute Gasteiger partial charge is 0.0693 e. The zero-order valence-corrected chi connectivity index (χ0v) is 10.6. The molecule has 16 heavy (non-hydrogen) atoms. The Kier molecular flexibility index (Phi) is 4.53. The van der Waals surface area contributed by atoms with E-state index in [2.05, 4.69) is 0 Å². The molecule has 0 radical (unpaired) electrons. The summed E-state index contributed by atoms with van der Waals surface area (Å²) in [6.07, 6.45) is 2.16. The van der Waals surface area contributed by atoms with Crippen LogP contribution in [-0.2, 0) is 11.3 Å². The first-order valence-electron chi connectivity index (χ1n) is 5.43. The highest BCUT2D eigenvalue weighted by Crippen LogP contribution is 2.33. The number of rotatable bonds is 3. The van der Waals surface area contributed by atoms with Crippen molar-refractivity contribution in [2.24, 2.45) is 0 Å². The number of benzene rings is 1. The summed E-state index contributed by atoms with van der Waals surface area (Å²) in [5, 5.41) is 10.6. The lowest BCUT2D eigenvalue weighted by atomic mass is 10.2. The number of ether oxygens (including phenoxy) is 1. The van der Waals surface area contributed by atoms with Gasteiger partial charge >= 0.3 is 0 Å². The van der Waals surface area contributed by atoms with Crippen molar-refractivity contribution in [1.29, 1.82) is 0 Å². The minimum absolute atomic E-state index is 0.0477. The van der Waals surface area contributed by atoms with Crippen molar-refractivity contribution in [3.8, 4) is 0 Å². The third kappa shape index (κ3) is 3.14. The minimum atomic E-state index is 0.0477. The molecule has 1 N–H and O–H groups in total. The molecular weight excluding hydrogens is 244 g/mol. The fourth-order valence-electron chi connectivity index (χ4n) is 1.76. The van der Waals surface area contributed by atoms with Gasteiger partial charge in [-0.15, -0.1) is 11.8 Å². The molecule has 0 amide bonds. The van der Waals surface area contributed by atoms with Crippen LogP contribution in [0.15, 0.2) is 23.1 Å². The van der Waals surface area contributed by atoms with Gasteiger partial charge in [-0.05, 0) is 36.6 Å². The van der Waals surface area contributed by atoms with Gasteiger partial charge in [0.1, 0.15) is 0 Å². The predicted molar refractivity (Wildman–Crippen MR) is 67.1 cm³/mol. The van der Waals surface area contributed by atoms with Gasteiger partial charge in [0.15, 0.2) is 0 Å². The average molecular weight is 259 g/mol. The van der Waals surface area contributed by atoms with Crippen LogP contribution in [0.25, 0.3) is 0 Å². The van der Waals surface area contributed by atoms with Crippen molar-refractivity contribution in [3.63, 3.8) is 0 Å². The summed E-state index contributed by atoms with van der Waals surface area (Å²) in [7, 11) is 0. The van der Waals surface area contributed by atoms with Gasteiger partial charge in [-0.1, -0.05) is 11.6 Å². The van der Waals surface area contributed by atoms with Crippen LogP contribution in [0.4, 0.5) is 0 Å². The Labute approximate surface area is 105 Å². The van der Waals surface area contributed by atoms with Gasteiger partial charge in [0.2, 0.25) is 0 Å². The largest absolute Gasteiger partial charge is 0.392 e. The third-order valence-electron chi connectivity index (χ3n) is 2.65. The fraction of sp³-hybridized carbons (Fsp3) is 0.500. The third-order valence-corrected chi connectivity index (χ3v) is 4.35. The van der Waals surface area contributed by atoms with Crippen LogP contribution < -0.4 is 0 Å². The number of aliphatic hydroxyl groups excluding tert-OH is 1. The number of halogens is 1. The van der Waals surface area contributed by atoms with Crippen LogP contribution in [0.5, 0.6) is 0 Å². The van der Waals surface area contributed by atoms with E-state index >= 15 is 0 Å². The Morgan fingerprint density at radius 3 is 2.81 bits per heavy atom. The molecule has 88 valence electrons. The highest BCUT2D eigenvalue weighted by molar-refractivity contribution is 8.00. The van der Waals surface area contributed by atoms with E-state index in [9.17, 15) is 5.11 Å². The maximum absolute atomic E-state index is 9.28. The van der Waals surface area contributed by atoms with E-state index in [0.717, 1.165) is 36.5 Å². The topological polar surface area (TPSA) is 29.5 Å². The van der Waals surface area contributed by atoms with Gasteiger partial charge in [0, 0.05) is 28.4 Å². The van der Waals surface area contributed by atoms with Crippen LogP contribution in [0.3, 0.4) is 0 Å². The lowest BCUT2D eigenvalue weighted by Gasteiger charge is -2.22. The van der Waals surface area contributed by atoms with Gasteiger partial charge in [-0.2, -0.15) is 0 Å². The molecule has 1 fully saturated rings. The monoisotopic (exact) mass is 258 g/mol. The van der Waals surface area contributed by atoms with Crippen molar-refractivity contribution in [1.82, 2.24) is 0 Å². The maximum Gasteiger partial charge on any atom is 0.0693 e. The highest BCUT2D eigenvalue weighted by atomic mass is 35.5. The fourth-order valence-corrected chi connectivity index (χ4v) is 3.16. The van der Waals surface area contributed by atoms with Crippen molar-refractivity contribution in [2.75, 3.05) is 13.2 Å². The molecule has 1 heterocycles. The van der Waals surface area contributed by atoms with E-state index in [4.69, 9.17) is 16.3 Å². The van der Waals surface area contributed by atoms with Gasteiger partial charge in [0.05, 0.1) is 6.61 Å². The number of aliphatic hydroxyl groups is 1. The lowest BCUT2D eigenvalue weighted by molar-refractivity contribution is 0.1000. The van der Waals surface area contributed by atoms with E-state index in [1.165, 1.54) is 0 Å². The van der Waals surface area contributed by atoms with Crippen LogP contribution in [0, 0.1) is 0 Å². The normalized spacial score (nSPS) is 17.6. The van der Waals surface area contributed by atoms with E-state index in [0.29, 0.717) is 10.3 Å². The molecule has 0 aromatic heterocycles. The summed E-state index contributed by atoms with van der Waals surface area (Å²) in [5.41, 5.74) is 0.920. The SMILES string of the molecule is OCc1cc(Cl)ccc1SC1CCOCC1. The number of thioether (sulfide) groups is 1. The van der Waals surface area contributed by atoms with Crippen LogP contribution in [0.2, 0.25) is 5.02 Å². The standard InChI is InChI=1S/C12H15ClO2S/c13-10-1-2-12(9(7-10)8-14)16-11-3-5-15-6-4-11/h1-2,7,11,14H,3-6,8H2. The van der Waals surface area contributed by atoms with Gasteiger partial charge in [-0.25, -0.2) is 0 Å². The second-order valence-electron chi connectivity index (χ2n) is 3.84. The molecule has 1 aromatic rings. The first-order valence-corrected chi connectivity index (χ1v) is 6.69. The molecule has 2 nitrogen and oxygen atoms in total. The summed E-state index contributed by atoms with van der Waals surface area (Å²) >= 11 is 7.72. The quantitative estimate of drug-likeness (QED) is 0.904. The maximum atomic E-state index is 9.28. The summed E-state index contributed by atoms with van der Waals surface area (Å²) < 4.78 is 5.33. The predicted octanol–water partition coefficient (Wildman–Crippen LogP) is 3.10. The number of hydrogen-bond donors (Lipinski definition) is 1. The molecule has 1 saturated heterocycles. The van der Waals surface area contributed by atoms with Crippen molar-refractivity contribution < 1.29 is 9.84 Å². The molecule has 0 bridgehead atoms. The zero-order chi connectivity index (χ0) is 11.4. The van der Waals surface area contributed by atoms with Crippen LogP contribution in [-0.4, -0.2) is 23.6 Å². The Balaban J connectivity index is 2.07. The summed E-state index contributed by atoms with van der Waals surface area (Å²) in [6, 6.07) is 5.71. The molecule has 0 aliphatic carbocycles. The zero-order valence-electron chi connectivity index (χ0n) is 8.99. The Morgan fingerprint density at radius 2 is 2.12 bits per heavy atom. The molecule has 1 aliphatic heterocycles. The van der Waals surface area contributed by atoms with Gasteiger partial charge in [0.25, 0.3) is 0 Å². The molecule has 2 rings (SSSR count). The Bertz CT molecular complexity index is 351. The van der Waals surface area contributed by atoms with Crippen molar-refractivity contribution >= 4 is 23.4 Å². The first kappa shape index (κ1) is 12.2. The van der Waals surface area contributed by atoms with E-state index in [-0.39, 0.29) is 6.61 Å². The average Bonchev–Trinajstić information content (AvgIpc) is 2.33. The summed E-state index contributed by atoms with van der Waals surface area (Å²) in [5.74, 6) is 0. The molecular formula is C12H15ClO2S. The minimum Gasteiger partial charge on any atom is -0.392 e. The van der Waals surface area contributed by atoms with Crippen molar-refractivity contribution in [3.05, 3.63) is 28.8 Å². The van der Waals surface area contributed by atoms with Crippen LogP contribution >= 0.6 is 23.4 Å². The Morgan fingerprint density at radius 1 is 1.38 bits per heavy atom. The second-order valence-corrected chi connectivity index (χ2v) is 5.62. The molecule has 1 aromatic carbocycles. The number of hydrogen-bond acceptors (Lipinski definition) is 3. The Hall–Kier alpha value is -0.220. The van der Waals surface area contributed by atoms with E-state index in [1.54, 1.807) is 0 Å². The van der Waals surface area contributed by atoms with E-state index in [1.807, 2.05) is 30.0 Å². The van der Waals surface area contributed by atoms with Gasteiger partial charge in [-0.3, -0.25) is 0 Å². The molecule has 0 unspecified atom stereocenters. The first-order chi connectivity index (χ1) is 7.79. The summed E-state index contributed by atoms with van der Waals surface area (Å²) in [6.45, 7) is 1.74. The lowest BCUT2D eigenvalue weighted by Crippen LogP contribution is -2.17. The second kappa shape index (κ2) is 5.92. The van der Waals surface area contributed by atoms with E-state index < -0.39 is 0 Å². The van der Waals surface area contributed by atoms with Crippen LogP contribution in [0.1, 0.15) is 18.4 Å². The molecule has 0 saturated carbocycles. The molecule has 0 spiro atoms. The van der Waals surface area contributed by atoms with Crippen molar-refractivity contribution in [2.45, 2.75) is 29.6 Å².